The molecule has 0 aliphatic rings. The first-order chi connectivity index (χ1) is 17.7. The Morgan fingerprint density at radius 3 is 2.76 bits per heavy atom. The van der Waals surface area contributed by atoms with E-state index in [0.29, 0.717) is 32.8 Å². The van der Waals surface area contributed by atoms with Crippen LogP contribution in [0.2, 0.25) is 5.02 Å². The number of rotatable bonds is 9. The Balaban J connectivity index is 1.72. The van der Waals surface area contributed by atoms with Crippen molar-refractivity contribution in [1.82, 2.24) is 9.99 Å². The molecule has 0 unspecified atom stereocenters. The number of nitriles is 1. The van der Waals surface area contributed by atoms with Gasteiger partial charge in [0.2, 0.25) is 0 Å². The summed E-state index contributed by atoms with van der Waals surface area (Å²) in [5.41, 5.74) is 3.33. The van der Waals surface area contributed by atoms with Crippen LogP contribution in [0.3, 0.4) is 0 Å². The Labute approximate surface area is 225 Å². The number of hydrogen-bond acceptors (Lipinski definition) is 8. The number of benzene rings is 1. The van der Waals surface area contributed by atoms with Crippen LogP contribution in [0.1, 0.15) is 39.9 Å². The Kier molecular flexibility index (Phi) is 9.41. The number of hydrazone groups is 1. The van der Waals surface area contributed by atoms with Gasteiger partial charge in [0.25, 0.3) is 11.5 Å². The second-order valence-corrected chi connectivity index (χ2v) is 8.80. The molecule has 10 nitrogen and oxygen atoms in total. The molecule has 37 heavy (non-hydrogen) atoms. The van der Waals surface area contributed by atoms with Gasteiger partial charge in [-0.2, -0.15) is 10.4 Å². The maximum absolute atomic E-state index is 12.8. The van der Waals surface area contributed by atoms with E-state index >= 15 is 0 Å². The summed E-state index contributed by atoms with van der Waals surface area (Å²) >= 11 is 9.48. The molecule has 2 aromatic heterocycles. The number of hydrogen-bond donors (Lipinski definition) is 1. The lowest BCUT2D eigenvalue weighted by atomic mass is 10.1. The Morgan fingerprint density at radius 1 is 1.32 bits per heavy atom. The zero-order valence-electron chi connectivity index (χ0n) is 20.1. The standard InChI is InChI=1S/C25H22BrClN4O6/c1-4-36-25(34)17-9-15(5-7-20(17)27)21-8-6-16(37-21)11-29-30-22(32)12-31-14(2)23(26)19(13-35-3)18(10-28)24(31)33/h5-9,11H,4,12-13H2,1-3H3,(H,30,32)/b29-11+. The van der Waals surface area contributed by atoms with E-state index in [9.17, 15) is 19.6 Å². The molecule has 0 saturated heterocycles. The van der Waals surface area contributed by atoms with Gasteiger partial charge < -0.3 is 18.5 Å². The van der Waals surface area contributed by atoms with E-state index in [1.54, 1.807) is 44.2 Å². The highest BCUT2D eigenvalue weighted by molar-refractivity contribution is 9.10. The van der Waals surface area contributed by atoms with Crippen LogP contribution < -0.4 is 11.0 Å². The fourth-order valence-corrected chi connectivity index (χ4v) is 4.14. The quantitative estimate of drug-likeness (QED) is 0.225. The van der Waals surface area contributed by atoms with Crippen LogP contribution >= 0.6 is 27.5 Å². The molecular weight excluding hydrogens is 568 g/mol. The van der Waals surface area contributed by atoms with E-state index in [0.717, 1.165) is 0 Å². The lowest BCUT2D eigenvalue weighted by molar-refractivity contribution is -0.121. The number of nitrogens with zero attached hydrogens (tertiary/aromatic N) is 3. The van der Waals surface area contributed by atoms with Crippen LogP contribution in [-0.4, -0.2) is 36.4 Å². The van der Waals surface area contributed by atoms with Gasteiger partial charge in [0.05, 0.1) is 30.0 Å². The van der Waals surface area contributed by atoms with Gasteiger partial charge >= 0.3 is 5.97 Å². The van der Waals surface area contributed by atoms with Crippen molar-refractivity contribution in [1.29, 1.82) is 5.26 Å². The second kappa shape index (κ2) is 12.5. The molecule has 0 atom stereocenters. The Bertz CT molecular complexity index is 1470. The van der Waals surface area contributed by atoms with Crippen LogP contribution in [0, 0.1) is 18.3 Å². The summed E-state index contributed by atoms with van der Waals surface area (Å²) in [4.78, 5) is 37.3. The maximum atomic E-state index is 12.8. The Hall–Kier alpha value is -3.72. The first-order valence-electron chi connectivity index (χ1n) is 10.9. The smallest absolute Gasteiger partial charge is 0.339 e. The number of nitrogens with one attached hydrogen (secondary N) is 1. The van der Waals surface area contributed by atoms with Crippen LogP contribution in [0.5, 0.6) is 0 Å². The van der Waals surface area contributed by atoms with E-state index in [4.69, 9.17) is 25.5 Å². The molecule has 0 spiro atoms. The maximum Gasteiger partial charge on any atom is 0.339 e. The zero-order valence-corrected chi connectivity index (χ0v) is 22.5. The van der Waals surface area contributed by atoms with Gasteiger partial charge in [0.1, 0.15) is 29.7 Å². The number of methoxy groups -OCH3 is 1. The molecule has 1 N–H and O–H groups in total. The first kappa shape index (κ1) is 27.9. The summed E-state index contributed by atoms with van der Waals surface area (Å²) in [7, 11) is 1.46. The van der Waals surface area contributed by atoms with Gasteiger partial charge in [-0.25, -0.2) is 10.2 Å². The van der Waals surface area contributed by atoms with E-state index < -0.39 is 17.4 Å². The summed E-state index contributed by atoms with van der Waals surface area (Å²) in [5.74, 6) is -0.348. The van der Waals surface area contributed by atoms with Crippen LogP contribution in [0.25, 0.3) is 11.3 Å². The fourth-order valence-electron chi connectivity index (χ4n) is 3.42. The number of aromatic nitrogens is 1. The van der Waals surface area contributed by atoms with Crippen molar-refractivity contribution >= 4 is 45.6 Å². The third-order valence-corrected chi connectivity index (χ3v) is 6.59. The van der Waals surface area contributed by atoms with Crippen molar-refractivity contribution in [3.63, 3.8) is 0 Å². The molecule has 2 heterocycles. The average molecular weight is 590 g/mol. The number of carbonyl (C=O) groups excluding carboxylic acids is 2. The molecule has 0 bridgehead atoms. The predicted molar refractivity (Wildman–Crippen MR) is 139 cm³/mol. The third kappa shape index (κ3) is 6.35. The average Bonchev–Trinajstić information content (AvgIpc) is 3.34. The van der Waals surface area contributed by atoms with Crippen molar-refractivity contribution in [2.75, 3.05) is 13.7 Å². The van der Waals surface area contributed by atoms with Crippen LogP contribution in [0.4, 0.5) is 0 Å². The number of amides is 1. The number of carbonyl (C=O) groups is 2. The van der Waals surface area contributed by atoms with E-state index in [1.807, 2.05) is 6.07 Å². The molecule has 1 amide bonds. The monoisotopic (exact) mass is 588 g/mol. The predicted octanol–water partition coefficient (Wildman–Crippen LogP) is 4.18. The van der Waals surface area contributed by atoms with Gasteiger partial charge in [-0.15, -0.1) is 0 Å². The lowest BCUT2D eigenvalue weighted by Crippen LogP contribution is -2.33. The number of esters is 1. The van der Waals surface area contributed by atoms with Crippen molar-refractivity contribution in [3.8, 4) is 17.4 Å². The molecule has 3 rings (SSSR count). The summed E-state index contributed by atoms with van der Waals surface area (Å²) < 4.78 is 17.5. The third-order valence-electron chi connectivity index (χ3n) is 5.20. The second-order valence-electron chi connectivity index (χ2n) is 7.60. The number of furan rings is 1. The molecule has 0 aliphatic heterocycles. The van der Waals surface area contributed by atoms with Crippen LogP contribution in [-0.2, 0) is 27.4 Å². The molecule has 1 aromatic carbocycles. The van der Waals surface area contributed by atoms with Gasteiger partial charge in [-0.1, -0.05) is 11.6 Å². The molecule has 12 heteroatoms. The number of ether oxygens (including phenoxy) is 2. The SMILES string of the molecule is CCOC(=O)c1cc(-c2ccc(/C=N/NC(=O)Cn3c(C)c(Br)c(COC)c(C#N)c3=O)o2)ccc1Cl. The number of halogens is 2. The summed E-state index contributed by atoms with van der Waals surface area (Å²) in [6, 6.07) is 10.0. The van der Waals surface area contributed by atoms with E-state index in [1.165, 1.54) is 17.9 Å². The van der Waals surface area contributed by atoms with Crippen molar-refractivity contribution in [2.24, 2.45) is 5.10 Å². The van der Waals surface area contributed by atoms with E-state index in [-0.39, 0.29) is 35.9 Å². The van der Waals surface area contributed by atoms with E-state index in [2.05, 4.69) is 26.5 Å². The summed E-state index contributed by atoms with van der Waals surface area (Å²) in [5, 5.41) is 13.6. The minimum absolute atomic E-state index is 0.0716. The normalized spacial score (nSPS) is 10.9. The van der Waals surface area contributed by atoms with Crippen molar-refractivity contribution in [2.45, 2.75) is 27.0 Å². The highest BCUT2D eigenvalue weighted by Gasteiger charge is 2.19. The summed E-state index contributed by atoms with van der Waals surface area (Å²) in [6.07, 6.45) is 1.29. The van der Waals surface area contributed by atoms with Gasteiger partial charge in [0.15, 0.2) is 0 Å². The minimum Gasteiger partial charge on any atom is -0.462 e. The van der Waals surface area contributed by atoms with Crippen molar-refractivity contribution < 1.29 is 23.5 Å². The van der Waals surface area contributed by atoms with Gasteiger partial charge in [-0.05, 0) is 60.1 Å². The molecule has 192 valence electrons. The zero-order chi connectivity index (χ0) is 27.1. The fraction of sp³-hybridized carbons (Fsp3) is 0.240. The van der Waals surface area contributed by atoms with Crippen LogP contribution in [0.15, 0.2) is 49.1 Å². The van der Waals surface area contributed by atoms with Crippen molar-refractivity contribution in [3.05, 3.63) is 78.3 Å². The topological polar surface area (TPSA) is 136 Å². The largest absolute Gasteiger partial charge is 0.462 e. The molecular formula is C25H22BrClN4O6. The molecule has 0 fully saturated rings. The highest BCUT2D eigenvalue weighted by atomic mass is 79.9. The minimum atomic E-state index is -0.602. The summed E-state index contributed by atoms with van der Waals surface area (Å²) in [6.45, 7) is 3.29. The molecule has 3 aromatic rings. The highest BCUT2D eigenvalue weighted by Crippen LogP contribution is 2.27. The van der Waals surface area contributed by atoms with Gasteiger partial charge in [0, 0.05) is 28.4 Å². The Morgan fingerprint density at radius 2 is 2.08 bits per heavy atom. The number of pyridine rings is 1. The van der Waals surface area contributed by atoms with Gasteiger partial charge in [-0.3, -0.25) is 9.59 Å². The molecule has 0 radical (unpaired) electrons. The lowest BCUT2D eigenvalue weighted by Gasteiger charge is -2.15. The first-order valence-corrected chi connectivity index (χ1v) is 12.1. The molecule has 0 saturated carbocycles. The molecule has 0 aliphatic carbocycles.